The van der Waals surface area contributed by atoms with E-state index in [1.54, 1.807) is 55.6 Å². The van der Waals surface area contributed by atoms with Gasteiger partial charge in [0.05, 0.1) is 24.4 Å². The molecule has 10 heteroatoms. The maximum Gasteiger partial charge on any atom is 0.268 e. The van der Waals surface area contributed by atoms with Gasteiger partial charge in [-0.05, 0) is 42.8 Å². The molecule has 1 aromatic heterocycles. The lowest BCUT2D eigenvalue weighted by Gasteiger charge is -2.11. The molecule has 0 radical (unpaired) electrons. The first-order valence-corrected chi connectivity index (χ1v) is 11.6. The second-order valence-corrected chi connectivity index (χ2v) is 8.36. The highest BCUT2D eigenvalue weighted by Crippen LogP contribution is 2.28. The number of rotatable bonds is 9. The average Bonchev–Trinajstić information content (AvgIpc) is 3.11. The van der Waals surface area contributed by atoms with Crippen molar-refractivity contribution in [2.75, 3.05) is 32.7 Å². The zero-order valence-electron chi connectivity index (χ0n) is 19.9. The maximum absolute atomic E-state index is 12.8. The van der Waals surface area contributed by atoms with Gasteiger partial charge in [-0.15, -0.1) is 11.3 Å². The van der Waals surface area contributed by atoms with Gasteiger partial charge < -0.3 is 29.4 Å². The van der Waals surface area contributed by atoms with E-state index >= 15 is 0 Å². The van der Waals surface area contributed by atoms with Gasteiger partial charge in [0.1, 0.15) is 10.4 Å². The highest BCUT2D eigenvalue weighted by Gasteiger charge is 2.10. The minimum Gasteiger partial charge on any atom is -0.495 e. The number of nitrogens with zero attached hydrogens (tertiary/aromatic N) is 1. The monoisotopic (exact) mass is 497 g/mol. The summed E-state index contributed by atoms with van der Waals surface area (Å²) in [6.45, 7) is 2.22. The number of thiazole rings is 1. The fraction of sp³-hybridized carbons (Fsp3) is 0.240. The van der Waals surface area contributed by atoms with Gasteiger partial charge in [-0.25, -0.2) is 0 Å². The molecule has 0 saturated carbocycles. The molecule has 35 heavy (non-hydrogen) atoms. The van der Waals surface area contributed by atoms with Gasteiger partial charge in [-0.2, -0.15) is 0 Å². The lowest BCUT2D eigenvalue weighted by atomic mass is 10.2. The lowest BCUT2D eigenvalue weighted by molar-refractivity contribution is -0.123. The van der Waals surface area contributed by atoms with Crippen molar-refractivity contribution in [1.82, 2.24) is 9.88 Å². The van der Waals surface area contributed by atoms with Gasteiger partial charge in [0.2, 0.25) is 0 Å². The molecule has 0 spiro atoms. The van der Waals surface area contributed by atoms with Gasteiger partial charge in [-0.3, -0.25) is 14.4 Å². The van der Waals surface area contributed by atoms with Crippen LogP contribution in [0, 0.1) is 0 Å². The van der Waals surface area contributed by atoms with Gasteiger partial charge in [0.25, 0.3) is 17.4 Å². The summed E-state index contributed by atoms with van der Waals surface area (Å²) in [6, 6.07) is 12.2. The van der Waals surface area contributed by atoms with Crippen LogP contribution in [-0.4, -0.2) is 43.8 Å². The Morgan fingerprint density at radius 3 is 2.51 bits per heavy atom. The number of carbonyl (C=O) groups is 2. The van der Waals surface area contributed by atoms with E-state index in [1.165, 1.54) is 36.2 Å². The third-order valence-corrected chi connectivity index (χ3v) is 6.01. The second-order valence-electron chi connectivity index (χ2n) is 7.30. The Morgan fingerprint density at radius 1 is 1.06 bits per heavy atom. The molecule has 2 aromatic carbocycles. The quantitative estimate of drug-likeness (QED) is 0.461. The third kappa shape index (κ3) is 6.51. The number of carbonyl (C=O) groups excluding carboxylic acids is 2. The molecule has 2 N–H and O–H groups in total. The van der Waals surface area contributed by atoms with E-state index < -0.39 is 0 Å². The molecule has 1 heterocycles. The number of ether oxygens (including phenoxy) is 3. The van der Waals surface area contributed by atoms with Gasteiger partial charge in [0.15, 0.2) is 18.1 Å². The van der Waals surface area contributed by atoms with E-state index in [2.05, 4.69) is 10.6 Å². The molecule has 3 aromatic rings. The molecule has 0 unspecified atom stereocenters. The average molecular weight is 498 g/mol. The van der Waals surface area contributed by atoms with E-state index in [9.17, 15) is 14.4 Å². The van der Waals surface area contributed by atoms with Gasteiger partial charge >= 0.3 is 0 Å². The molecule has 0 aliphatic carbocycles. The summed E-state index contributed by atoms with van der Waals surface area (Å²) in [5, 5.41) is 5.43. The summed E-state index contributed by atoms with van der Waals surface area (Å²) >= 11 is 1.19. The van der Waals surface area contributed by atoms with Crippen LogP contribution in [0.15, 0.2) is 47.3 Å². The predicted octanol–water partition coefficient (Wildman–Crippen LogP) is 1.23. The van der Waals surface area contributed by atoms with Crippen molar-refractivity contribution < 1.29 is 23.8 Å². The molecule has 2 amide bonds. The Kier molecular flexibility index (Phi) is 8.69. The molecule has 3 rings (SSSR count). The van der Waals surface area contributed by atoms with Crippen molar-refractivity contribution in [3.63, 3.8) is 0 Å². The van der Waals surface area contributed by atoms with Crippen LogP contribution in [-0.2, 0) is 16.6 Å². The van der Waals surface area contributed by atoms with E-state index in [4.69, 9.17) is 14.2 Å². The van der Waals surface area contributed by atoms with Crippen LogP contribution in [0.3, 0.4) is 0 Å². The SMILES string of the molecule is CCNC(=O)COc1ccc(/C=c2\s/c(=C\C(=O)Nc3ccccc3OC)n(C)c2=O)cc1OC. The summed E-state index contributed by atoms with van der Waals surface area (Å²) < 4.78 is 18.5. The molecular weight excluding hydrogens is 470 g/mol. The Balaban J connectivity index is 1.86. The number of para-hydroxylation sites is 2. The summed E-state index contributed by atoms with van der Waals surface area (Å²) in [4.78, 5) is 37.0. The Bertz CT molecular complexity index is 1390. The van der Waals surface area contributed by atoms with Crippen LogP contribution in [0.4, 0.5) is 5.69 Å². The highest BCUT2D eigenvalue weighted by atomic mass is 32.1. The van der Waals surface area contributed by atoms with Gasteiger partial charge in [0, 0.05) is 19.7 Å². The molecule has 0 bridgehead atoms. The van der Waals surface area contributed by atoms with Crippen molar-refractivity contribution in [3.8, 4) is 17.2 Å². The van der Waals surface area contributed by atoms with Crippen LogP contribution < -0.4 is 39.6 Å². The summed E-state index contributed by atoms with van der Waals surface area (Å²) in [5.41, 5.74) is 1.00. The first kappa shape index (κ1) is 25.6. The first-order valence-electron chi connectivity index (χ1n) is 10.8. The number of hydrogen-bond acceptors (Lipinski definition) is 7. The Hall–Kier alpha value is -4.05. The Labute approximate surface area is 206 Å². The first-order chi connectivity index (χ1) is 16.9. The van der Waals surface area contributed by atoms with Crippen molar-refractivity contribution in [2.45, 2.75) is 6.92 Å². The van der Waals surface area contributed by atoms with Crippen molar-refractivity contribution in [2.24, 2.45) is 7.05 Å². The highest BCUT2D eigenvalue weighted by molar-refractivity contribution is 7.07. The zero-order valence-corrected chi connectivity index (χ0v) is 20.7. The largest absolute Gasteiger partial charge is 0.495 e. The van der Waals surface area contributed by atoms with Gasteiger partial charge in [-0.1, -0.05) is 18.2 Å². The molecule has 0 atom stereocenters. The van der Waals surface area contributed by atoms with Crippen molar-refractivity contribution in [1.29, 1.82) is 0 Å². The van der Waals surface area contributed by atoms with Crippen LogP contribution >= 0.6 is 11.3 Å². The predicted molar refractivity (Wildman–Crippen MR) is 136 cm³/mol. The van der Waals surface area contributed by atoms with Crippen molar-refractivity contribution in [3.05, 3.63) is 67.6 Å². The Morgan fingerprint density at radius 2 is 1.80 bits per heavy atom. The van der Waals surface area contributed by atoms with E-state index in [0.29, 0.717) is 44.2 Å². The van der Waals surface area contributed by atoms with Crippen LogP contribution in [0.1, 0.15) is 12.5 Å². The fourth-order valence-corrected chi connectivity index (χ4v) is 4.20. The van der Waals surface area contributed by atoms with E-state index in [0.717, 1.165) is 0 Å². The number of likely N-dealkylation sites (N-methyl/N-ethyl adjacent to an activating group) is 1. The standard InChI is InChI=1S/C25H27N3O6S/c1-5-26-23(30)15-34-19-11-10-16(12-20(19)33-4)13-21-25(31)28(2)24(35-21)14-22(29)27-17-8-6-7-9-18(17)32-3/h6-14H,5,15H2,1-4H3,(H,26,30)(H,27,29)/b21-13-,24-14-. The third-order valence-electron chi connectivity index (χ3n) is 4.90. The molecule has 0 aliphatic rings. The van der Waals surface area contributed by atoms with Crippen LogP contribution in [0.2, 0.25) is 0 Å². The number of anilines is 1. The smallest absolute Gasteiger partial charge is 0.268 e. The normalized spacial score (nSPS) is 11.8. The molecule has 9 nitrogen and oxygen atoms in total. The molecule has 0 aliphatic heterocycles. The topological polar surface area (TPSA) is 108 Å². The fourth-order valence-electron chi connectivity index (χ4n) is 3.17. The number of amides is 2. The summed E-state index contributed by atoms with van der Waals surface area (Å²) in [5.74, 6) is 0.770. The lowest BCUT2D eigenvalue weighted by Crippen LogP contribution is -2.29. The number of nitrogens with one attached hydrogen (secondary N) is 2. The van der Waals surface area contributed by atoms with E-state index in [1.807, 2.05) is 6.92 Å². The molecular formula is C25H27N3O6S. The molecule has 0 fully saturated rings. The number of aromatic nitrogens is 1. The number of hydrogen-bond donors (Lipinski definition) is 2. The van der Waals surface area contributed by atoms with Crippen LogP contribution in [0.25, 0.3) is 12.2 Å². The zero-order chi connectivity index (χ0) is 25.4. The minimum atomic E-state index is -0.381. The molecule has 0 saturated heterocycles. The number of benzene rings is 2. The summed E-state index contributed by atoms with van der Waals surface area (Å²) in [7, 11) is 4.63. The number of methoxy groups -OCH3 is 2. The van der Waals surface area contributed by atoms with Crippen LogP contribution in [0.5, 0.6) is 17.2 Å². The maximum atomic E-state index is 12.8. The second kappa shape index (κ2) is 11.9. The van der Waals surface area contributed by atoms with Crippen molar-refractivity contribution >= 4 is 41.0 Å². The minimum absolute atomic E-state index is 0.130. The summed E-state index contributed by atoms with van der Waals surface area (Å²) in [6.07, 6.45) is 3.08. The molecule has 184 valence electrons. The van der Waals surface area contributed by atoms with E-state index in [-0.39, 0.29) is 24.0 Å².